The van der Waals surface area contributed by atoms with Gasteiger partial charge in [-0.3, -0.25) is 14.3 Å². The predicted molar refractivity (Wildman–Crippen MR) is 59.5 cm³/mol. The lowest BCUT2D eigenvalue weighted by molar-refractivity contribution is 0.727. The molecule has 5 heteroatoms. The number of rotatable bonds is 1. The standard InChI is InChI=1S/C10H9ClN2O2/c1-2-13-8-5-6(11)3-4-7(8)9(14)12-10(13)15/h3-5H,2H2,1H3,(H,12,14,15). The maximum Gasteiger partial charge on any atom is 0.328 e. The number of aromatic nitrogens is 2. The Labute approximate surface area is 90.1 Å². The van der Waals surface area contributed by atoms with Gasteiger partial charge in [-0.25, -0.2) is 4.79 Å². The molecule has 1 N–H and O–H groups in total. The van der Waals surface area contributed by atoms with Gasteiger partial charge in [0.1, 0.15) is 0 Å². The van der Waals surface area contributed by atoms with E-state index < -0.39 is 5.69 Å². The summed E-state index contributed by atoms with van der Waals surface area (Å²) in [6, 6.07) is 4.86. The third-order valence-corrected chi connectivity index (χ3v) is 2.51. The van der Waals surface area contributed by atoms with Crippen molar-refractivity contribution >= 4 is 22.5 Å². The van der Waals surface area contributed by atoms with Gasteiger partial charge in [-0.2, -0.15) is 0 Å². The van der Waals surface area contributed by atoms with Crippen LogP contribution in [0.1, 0.15) is 6.92 Å². The number of aromatic amines is 1. The molecule has 0 saturated carbocycles. The molecule has 0 saturated heterocycles. The average molecular weight is 225 g/mol. The van der Waals surface area contributed by atoms with Crippen molar-refractivity contribution in [2.24, 2.45) is 0 Å². The largest absolute Gasteiger partial charge is 0.328 e. The molecule has 1 aromatic carbocycles. The van der Waals surface area contributed by atoms with Crippen LogP contribution < -0.4 is 11.2 Å². The lowest BCUT2D eigenvalue weighted by Gasteiger charge is -2.06. The second kappa shape index (κ2) is 3.55. The van der Waals surface area contributed by atoms with Crippen molar-refractivity contribution < 1.29 is 0 Å². The summed E-state index contributed by atoms with van der Waals surface area (Å²) in [4.78, 5) is 25.2. The zero-order valence-corrected chi connectivity index (χ0v) is 8.84. The Bertz CT molecular complexity index is 627. The summed E-state index contributed by atoms with van der Waals surface area (Å²) >= 11 is 5.82. The minimum absolute atomic E-state index is 0.378. The topological polar surface area (TPSA) is 54.9 Å². The SMILES string of the molecule is CCn1c(=O)[nH]c(=O)c2ccc(Cl)cc21. The fraction of sp³-hybridized carbons (Fsp3) is 0.200. The van der Waals surface area contributed by atoms with E-state index >= 15 is 0 Å². The van der Waals surface area contributed by atoms with E-state index in [1.54, 1.807) is 18.2 Å². The van der Waals surface area contributed by atoms with Gasteiger partial charge in [-0.05, 0) is 25.1 Å². The summed E-state index contributed by atoms with van der Waals surface area (Å²) in [6.07, 6.45) is 0. The Morgan fingerprint density at radius 2 is 2.13 bits per heavy atom. The lowest BCUT2D eigenvalue weighted by atomic mass is 10.2. The van der Waals surface area contributed by atoms with E-state index in [0.717, 1.165) is 0 Å². The van der Waals surface area contributed by atoms with Crippen molar-refractivity contribution in [1.82, 2.24) is 9.55 Å². The Kier molecular flexibility index (Phi) is 2.36. The molecule has 0 aliphatic carbocycles. The summed E-state index contributed by atoms with van der Waals surface area (Å²) in [5.74, 6) is 0. The lowest BCUT2D eigenvalue weighted by Crippen LogP contribution is -2.29. The molecule has 0 fully saturated rings. The number of nitrogens with one attached hydrogen (secondary N) is 1. The van der Waals surface area contributed by atoms with Gasteiger partial charge in [0.2, 0.25) is 0 Å². The van der Waals surface area contributed by atoms with Crippen LogP contribution in [0, 0.1) is 0 Å². The number of halogens is 1. The van der Waals surface area contributed by atoms with Crippen LogP contribution >= 0.6 is 11.6 Å². The second-order valence-corrected chi connectivity index (χ2v) is 3.60. The molecule has 0 aliphatic heterocycles. The first kappa shape index (κ1) is 9.98. The minimum atomic E-state index is -0.405. The van der Waals surface area contributed by atoms with Crippen LogP contribution in [-0.4, -0.2) is 9.55 Å². The predicted octanol–water partition coefficient (Wildman–Crippen LogP) is 1.36. The van der Waals surface area contributed by atoms with Gasteiger partial charge in [-0.1, -0.05) is 11.6 Å². The molecule has 0 radical (unpaired) electrons. The van der Waals surface area contributed by atoms with Gasteiger partial charge in [-0.15, -0.1) is 0 Å². The molecular formula is C10H9ClN2O2. The van der Waals surface area contributed by atoms with Gasteiger partial charge in [0.25, 0.3) is 5.56 Å². The molecule has 1 heterocycles. The monoisotopic (exact) mass is 224 g/mol. The summed E-state index contributed by atoms with van der Waals surface area (Å²) in [5, 5.41) is 0.982. The van der Waals surface area contributed by atoms with Crippen LogP contribution in [-0.2, 0) is 6.54 Å². The second-order valence-electron chi connectivity index (χ2n) is 3.17. The Balaban J connectivity index is 3.05. The number of hydrogen-bond donors (Lipinski definition) is 1. The maximum atomic E-state index is 11.5. The average Bonchev–Trinajstić information content (AvgIpc) is 2.17. The highest BCUT2D eigenvalue weighted by Gasteiger charge is 2.05. The summed E-state index contributed by atoms with van der Waals surface area (Å²) in [6.45, 7) is 2.33. The highest BCUT2D eigenvalue weighted by Crippen LogP contribution is 2.14. The number of hydrogen-bond acceptors (Lipinski definition) is 2. The molecule has 2 rings (SSSR count). The van der Waals surface area contributed by atoms with E-state index in [1.165, 1.54) is 4.57 Å². The van der Waals surface area contributed by atoms with Crippen LogP contribution in [0.4, 0.5) is 0 Å². The fourth-order valence-corrected chi connectivity index (χ4v) is 1.74. The molecule has 2 aromatic rings. The molecule has 4 nitrogen and oxygen atoms in total. The molecule has 0 spiro atoms. The molecule has 0 atom stereocenters. The van der Waals surface area contributed by atoms with Crippen LogP contribution in [0.2, 0.25) is 5.02 Å². The molecule has 0 bridgehead atoms. The van der Waals surface area contributed by atoms with Gasteiger partial charge < -0.3 is 0 Å². The van der Waals surface area contributed by atoms with Crippen molar-refractivity contribution in [2.75, 3.05) is 0 Å². The van der Waals surface area contributed by atoms with E-state index in [0.29, 0.717) is 22.5 Å². The summed E-state index contributed by atoms with van der Waals surface area (Å²) in [5.41, 5.74) is -0.215. The quantitative estimate of drug-likeness (QED) is 0.795. The van der Waals surface area contributed by atoms with Crippen molar-refractivity contribution in [3.05, 3.63) is 44.1 Å². The van der Waals surface area contributed by atoms with E-state index in [9.17, 15) is 9.59 Å². The van der Waals surface area contributed by atoms with Gasteiger partial charge in [0.05, 0.1) is 10.9 Å². The van der Waals surface area contributed by atoms with Crippen LogP contribution in [0.25, 0.3) is 10.9 Å². The van der Waals surface area contributed by atoms with E-state index in [1.807, 2.05) is 6.92 Å². The number of benzene rings is 1. The number of aryl methyl sites for hydroxylation is 1. The fourth-order valence-electron chi connectivity index (χ4n) is 1.58. The van der Waals surface area contributed by atoms with Gasteiger partial charge in [0, 0.05) is 11.6 Å². The van der Waals surface area contributed by atoms with E-state index in [2.05, 4.69) is 4.98 Å². The molecule has 0 unspecified atom stereocenters. The van der Waals surface area contributed by atoms with Crippen molar-refractivity contribution in [3.8, 4) is 0 Å². The number of H-pyrrole nitrogens is 1. The zero-order chi connectivity index (χ0) is 11.0. The van der Waals surface area contributed by atoms with E-state index in [-0.39, 0.29) is 5.56 Å². The third kappa shape index (κ3) is 1.57. The van der Waals surface area contributed by atoms with Gasteiger partial charge in [0.15, 0.2) is 0 Å². The smallest absolute Gasteiger partial charge is 0.294 e. The molecule has 1 aromatic heterocycles. The van der Waals surface area contributed by atoms with Gasteiger partial charge >= 0.3 is 5.69 Å². The molecular weight excluding hydrogens is 216 g/mol. The first-order chi connectivity index (χ1) is 7.13. The number of fused-ring (bicyclic) bond motifs is 1. The Morgan fingerprint density at radius 3 is 2.80 bits per heavy atom. The van der Waals surface area contributed by atoms with Crippen LogP contribution in [0.3, 0.4) is 0 Å². The normalized spacial score (nSPS) is 10.8. The molecule has 15 heavy (non-hydrogen) atoms. The first-order valence-electron chi connectivity index (χ1n) is 4.56. The highest BCUT2D eigenvalue weighted by molar-refractivity contribution is 6.31. The maximum absolute atomic E-state index is 11.5. The van der Waals surface area contributed by atoms with E-state index in [4.69, 9.17) is 11.6 Å². The Morgan fingerprint density at radius 1 is 1.40 bits per heavy atom. The molecule has 78 valence electrons. The molecule has 0 aliphatic rings. The number of nitrogens with zero attached hydrogens (tertiary/aromatic N) is 1. The highest BCUT2D eigenvalue weighted by atomic mass is 35.5. The van der Waals surface area contributed by atoms with Crippen LogP contribution in [0.15, 0.2) is 27.8 Å². The minimum Gasteiger partial charge on any atom is -0.294 e. The Hall–Kier alpha value is -1.55. The van der Waals surface area contributed by atoms with Crippen molar-refractivity contribution in [2.45, 2.75) is 13.5 Å². The van der Waals surface area contributed by atoms with Crippen molar-refractivity contribution in [3.63, 3.8) is 0 Å². The zero-order valence-electron chi connectivity index (χ0n) is 8.08. The molecule has 0 amide bonds. The first-order valence-corrected chi connectivity index (χ1v) is 4.93. The third-order valence-electron chi connectivity index (χ3n) is 2.28. The summed E-state index contributed by atoms with van der Waals surface area (Å²) < 4.78 is 1.47. The van der Waals surface area contributed by atoms with Crippen LogP contribution in [0.5, 0.6) is 0 Å². The van der Waals surface area contributed by atoms with Crippen molar-refractivity contribution in [1.29, 1.82) is 0 Å². The summed E-state index contributed by atoms with van der Waals surface area (Å²) in [7, 11) is 0.